The van der Waals surface area contributed by atoms with Crippen molar-refractivity contribution >= 4 is 23.9 Å². The summed E-state index contributed by atoms with van der Waals surface area (Å²) >= 11 is 0. The van der Waals surface area contributed by atoms with E-state index in [2.05, 4.69) is 9.97 Å². The molecule has 4 nitrogen and oxygen atoms in total. The highest BCUT2D eigenvalue weighted by Gasteiger charge is 2.26. The van der Waals surface area contributed by atoms with Gasteiger partial charge in [0.1, 0.15) is 5.69 Å². The second kappa shape index (κ2) is 12.8. The van der Waals surface area contributed by atoms with Crippen molar-refractivity contribution in [3.8, 4) is 11.3 Å². The smallest absolute Gasteiger partial charge is 0.232 e. The van der Waals surface area contributed by atoms with Gasteiger partial charge in [-0.25, -0.2) is 27.5 Å². The Balaban J connectivity index is 0.00000195. The number of carbonyl (C=O) groups excluding carboxylic acids is 1. The zero-order chi connectivity index (χ0) is 27.8. The van der Waals surface area contributed by atoms with Gasteiger partial charge < -0.3 is 0 Å². The molecule has 4 rings (SSSR count). The van der Waals surface area contributed by atoms with E-state index in [1.165, 1.54) is 13.2 Å². The van der Waals surface area contributed by atoms with Crippen LogP contribution in [0.3, 0.4) is 0 Å². The van der Waals surface area contributed by atoms with Gasteiger partial charge in [-0.05, 0) is 24.1 Å². The molecule has 0 bridgehead atoms. The molecular weight excluding hydrogens is 494 g/mol. The molecule has 0 fully saturated rings. The summed E-state index contributed by atoms with van der Waals surface area (Å²) in [6, 6.07) is 18.7. The molecule has 0 N–H and O–H groups in total. The molecule has 8 heteroatoms. The summed E-state index contributed by atoms with van der Waals surface area (Å²) in [6.07, 6.45) is 4.29. The Morgan fingerprint density at radius 1 is 0.842 bits per heavy atom. The lowest BCUT2D eigenvalue weighted by atomic mass is 10.0. The van der Waals surface area contributed by atoms with Gasteiger partial charge in [0, 0.05) is 18.2 Å². The highest BCUT2D eigenvalue weighted by molar-refractivity contribution is 5.95. The van der Waals surface area contributed by atoms with Crippen molar-refractivity contribution in [2.24, 2.45) is 0 Å². The molecule has 0 saturated heterocycles. The maximum absolute atomic E-state index is 14.4. The Morgan fingerprint density at radius 3 is 2.05 bits per heavy atom. The lowest BCUT2D eigenvalue weighted by molar-refractivity contribution is -0.117. The standard InChI is InChI=1S/C28H21F4N3O.C2H6/c1-17-20(25(30)27(32)26(31)24(17)29)15-23(36)35(2)28-21(14-13-18-9-5-3-6-10-18)34-22(16-33-28)19-11-7-4-8-12-19;1-2/h3-14,16H,15H2,1-2H3;1-2H3/b14-13+;. The minimum absolute atomic E-state index is 0.160. The molecule has 38 heavy (non-hydrogen) atoms. The number of benzene rings is 3. The van der Waals surface area contributed by atoms with Crippen molar-refractivity contribution in [2.75, 3.05) is 11.9 Å². The second-order valence-corrected chi connectivity index (χ2v) is 8.06. The van der Waals surface area contributed by atoms with Gasteiger partial charge in [-0.1, -0.05) is 80.6 Å². The van der Waals surface area contributed by atoms with E-state index < -0.39 is 46.7 Å². The quantitative estimate of drug-likeness (QED) is 0.151. The summed E-state index contributed by atoms with van der Waals surface area (Å²) in [6.45, 7) is 5.09. The summed E-state index contributed by atoms with van der Waals surface area (Å²) < 4.78 is 55.7. The van der Waals surface area contributed by atoms with Crippen LogP contribution in [0.5, 0.6) is 0 Å². The predicted octanol–water partition coefficient (Wildman–Crippen LogP) is 7.41. The Morgan fingerprint density at radius 2 is 1.42 bits per heavy atom. The summed E-state index contributed by atoms with van der Waals surface area (Å²) in [5, 5.41) is 0. The lowest BCUT2D eigenvalue weighted by Gasteiger charge is -2.20. The van der Waals surface area contributed by atoms with Crippen molar-refractivity contribution in [1.29, 1.82) is 0 Å². The molecule has 0 aliphatic carbocycles. The van der Waals surface area contributed by atoms with E-state index in [-0.39, 0.29) is 5.82 Å². The van der Waals surface area contributed by atoms with Crippen LogP contribution in [0.1, 0.15) is 36.2 Å². The zero-order valence-electron chi connectivity index (χ0n) is 21.5. The highest BCUT2D eigenvalue weighted by atomic mass is 19.2. The van der Waals surface area contributed by atoms with Crippen LogP contribution < -0.4 is 4.90 Å². The van der Waals surface area contributed by atoms with Crippen LogP contribution in [0.25, 0.3) is 23.4 Å². The Labute approximate surface area is 219 Å². The van der Waals surface area contributed by atoms with Crippen LogP contribution in [0.15, 0.2) is 66.9 Å². The van der Waals surface area contributed by atoms with Gasteiger partial charge in [0.15, 0.2) is 29.1 Å². The summed E-state index contributed by atoms with van der Waals surface area (Å²) in [7, 11) is 1.40. The fourth-order valence-electron chi connectivity index (χ4n) is 3.64. The van der Waals surface area contributed by atoms with Crippen molar-refractivity contribution in [2.45, 2.75) is 27.2 Å². The minimum atomic E-state index is -1.96. The van der Waals surface area contributed by atoms with Gasteiger partial charge in [0.25, 0.3) is 0 Å². The van der Waals surface area contributed by atoms with Crippen LogP contribution in [0.2, 0.25) is 0 Å². The normalized spacial score (nSPS) is 10.7. The SMILES string of the molecule is CC.Cc1c(F)c(F)c(F)c(F)c1CC(=O)N(C)c1ncc(-c2ccccc2)nc1/C=C/c1ccccc1. The number of hydrogen-bond acceptors (Lipinski definition) is 3. The molecule has 1 heterocycles. The summed E-state index contributed by atoms with van der Waals surface area (Å²) in [5.74, 6) is -7.54. The first-order valence-corrected chi connectivity index (χ1v) is 12.0. The van der Waals surface area contributed by atoms with Gasteiger partial charge in [0.05, 0.1) is 18.3 Å². The molecule has 0 spiro atoms. The molecule has 1 amide bonds. The third kappa shape index (κ3) is 6.14. The number of nitrogens with zero attached hydrogens (tertiary/aromatic N) is 3. The maximum Gasteiger partial charge on any atom is 0.232 e. The van der Waals surface area contributed by atoms with E-state index in [1.807, 2.05) is 74.5 Å². The molecule has 0 aliphatic heterocycles. The number of hydrogen-bond donors (Lipinski definition) is 0. The van der Waals surface area contributed by atoms with E-state index in [0.29, 0.717) is 11.4 Å². The van der Waals surface area contributed by atoms with E-state index in [0.717, 1.165) is 23.0 Å². The van der Waals surface area contributed by atoms with Crippen LogP contribution in [-0.4, -0.2) is 22.9 Å². The van der Waals surface area contributed by atoms with Gasteiger partial charge in [-0.3, -0.25) is 9.69 Å². The van der Waals surface area contributed by atoms with E-state index >= 15 is 0 Å². The molecule has 0 aliphatic rings. The summed E-state index contributed by atoms with van der Waals surface area (Å²) in [4.78, 5) is 23.2. The summed E-state index contributed by atoms with van der Waals surface area (Å²) in [5.41, 5.74) is 1.60. The third-order valence-corrected chi connectivity index (χ3v) is 5.73. The third-order valence-electron chi connectivity index (χ3n) is 5.73. The van der Waals surface area contributed by atoms with E-state index in [4.69, 9.17) is 0 Å². The predicted molar refractivity (Wildman–Crippen MR) is 142 cm³/mol. The topological polar surface area (TPSA) is 46.1 Å². The molecule has 4 aromatic rings. The van der Waals surface area contributed by atoms with Crippen molar-refractivity contribution < 1.29 is 22.4 Å². The maximum atomic E-state index is 14.4. The number of amides is 1. The van der Waals surface area contributed by atoms with E-state index in [9.17, 15) is 22.4 Å². The Hall–Kier alpha value is -4.33. The Kier molecular flexibility index (Phi) is 9.49. The number of anilines is 1. The van der Waals surface area contributed by atoms with Gasteiger partial charge in [0.2, 0.25) is 5.91 Å². The number of halogens is 4. The first kappa shape index (κ1) is 28.2. The second-order valence-electron chi connectivity index (χ2n) is 8.06. The first-order chi connectivity index (χ1) is 18.3. The number of likely N-dealkylation sites (N-methyl/N-ethyl adjacent to an activating group) is 1. The van der Waals surface area contributed by atoms with Crippen LogP contribution in [-0.2, 0) is 11.2 Å². The molecule has 3 aromatic carbocycles. The monoisotopic (exact) mass is 521 g/mol. The first-order valence-electron chi connectivity index (χ1n) is 12.0. The van der Waals surface area contributed by atoms with Crippen molar-refractivity contribution in [3.63, 3.8) is 0 Å². The average molecular weight is 522 g/mol. The van der Waals surface area contributed by atoms with Crippen molar-refractivity contribution in [3.05, 3.63) is 113 Å². The molecular formula is C30H27F4N3O. The van der Waals surface area contributed by atoms with Crippen LogP contribution in [0, 0.1) is 30.2 Å². The molecule has 0 unspecified atom stereocenters. The van der Waals surface area contributed by atoms with E-state index in [1.54, 1.807) is 12.2 Å². The van der Waals surface area contributed by atoms with Gasteiger partial charge >= 0.3 is 0 Å². The van der Waals surface area contributed by atoms with Crippen LogP contribution in [0.4, 0.5) is 23.4 Å². The largest absolute Gasteiger partial charge is 0.298 e. The number of carbonyl (C=O) groups is 1. The van der Waals surface area contributed by atoms with Gasteiger partial charge in [-0.15, -0.1) is 0 Å². The molecule has 1 aromatic heterocycles. The molecule has 0 atom stereocenters. The number of aromatic nitrogens is 2. The van der Waals surface area contributed by atoms with Crippen LogP contribution >= 0.6 is 0 Å². The minimum Gasteiger partial charge on any atom is -0.298 e. The fraction of sp³-hybridized carbons (Fsp3) is 0.167. The fourth-order valence-corrected chi connectivity index (χ4v) is 3.64. The van der Waals surface area contributed by atoms with Gasteiger partial charge in [-0.2, -0.15) is 0 Å². The van der Waals surface area contributed by atoms with Crippen molar-refractivity contribution in [1.82, 2.24) is 9.97 Å². The Bertz CT molecular complexity index is 1410. The molecule has 0 radical (unpaired) electrons. The average Bonchev–Trinajstić information content (AvgIpc) is 2.97. The zero-order valence-corrected chi connectivity index (χ0v) is 21.5. The number of rotatable bonds is 6. The lowest BCUT2D eigenvalue weighted by Crippen LogP contribution is -2.30. The molecule has 196 valence electrons. The molecule has 0 saturated carbocycles. The highest BCUT2D eigenvalue weighted by Crippen LogP contribution is 2.27.